The van der Waals surface area contributed by atoms with Gasteiger partial charge in [0.15, 0.2) is 0 Å². The Morgan fingerprint density at radius 1 is 1.25 bits per heavy atom. The average molecular weight is 297 g/mol. The predicted octanol–water partition coefficient (Wildman–Crippen LogP) is 1.62. The van der Waals surface area contributed by atoms with Gasteiger partial charge in [0.1, 0.15) is 0 Å². The summed E-state index contributed by atoms with van der Waals surface area (Å²) in [5.74, 6) is -1.72. The van der Waals surface area contributed by atoms with Gasteiger partial charge in [0.2, 0.25) is 5.91 Å². The maximum atomic E-state index is 11.6. The highest BCUT2D eigenvalue weighted by molar-refractivity contribution is 8.00. The number of esters is 1. The van der Waals surface area contributed by atoms with E-state index in [0.717, 1.165) is 11.8 Å². The van der Waals surface area contributed by atoms with Crippen molar-refractivity contribution in [2.75, 3.05) is 23.4 Å². The summed E-state index contributed by atoms with van der Waals surface area (Å²) in [5.41, 5.74) is 0.262. The van der Waals surface area contributed by atoms with E-state index in [1.165, 1.54) is 12.1 Å². The predicted molar refractivity (Wildman–Crippen MR) is 76.0 cm³/mol. The Labute approximate surface area is 120 Å². The number of nitrogens with one attached hydrogen (secondary N) is 1. The second kappa shape index (κ2) is 8.21. The molecule has 1 aromatic rings. The minimum atomic E-state index is -1.11. The van der Waals surface area contributed by atoms with E-state index in [-0.39, 0.29) is 34.6 Å². The topological polar surface area (TPSA) is 92.7 Å². The Morgan fingerprint density at radius 2 is 1.95 bits per heavy atom. The number of thioether (sulfide) groups is 1. The van der Waals surface area contributed by atoms with Crippen LogP contribution in [-0.2, 0) is 14.3 Å². The molecule has 0 saturated heterocycles. The first-order chi connectivity index (χ1) is 9.54. The monoisotopic (exact) mass is 297 g/mol. The average Bonchev–Trinajstić information content (AvgIpc) is 2.39. The molecule has 0 aliphatic carbocycles. The second-order valence-corrected chi connectivity index (χ2v) is 4.68. The van der Waals surface area contributed by atoms with Crippen LogP contribution in [0.5, 0.6) is 0 Å². The number of aromatic carboxylic acids is 1. The number of para-hydroxylation sites is 1. The summed E-state index contributed by atoms with van der Waals surface area (Å²) >= 11 is 1.11. The molecule has 0 aromatic heterocycles. The standard InChI is InChI=1S/C13H15NO5S/c1-2-19-12(16)8-20-7-11(15)14-10-6-4-3-5-9(10)13(17)18/h3-6H,2,7-8H2,1H3,(H,14,15)(H,17,18). The van der Waals surface area contributed by atoms with Crippen molar-refractivity contribution in [1.29, 1.82) is 0 Å². The summed E-state index contributed by atoms with van der Waals surface area (Å²) < 4.78 is 4.72. The third-order valence-electron chi connectivity index (χ3n) is 2.19. The molecule has 0 fully saturated rings. The Morgan fingerprint density at radius 3 is 2.60 bits per heavy atom. The van der Waals surface area contributed by atoms with E-state index in [1.54, 1.807) is 19.1 Å². The second-order valence-electron chi connectivity index (χ2n) is 3.70. The molecule has 0 radical (unpaired) electrons. The van der Waals surface area contributed by atoms with Crippen LogP contribution < -0.4 is 5.32 Å². The molecule has 2 N–H and O–H groups in total. The van der Waals surface area contributed by atoms with Crippen molar-refractivity contribution in [1.82, 2.24) is 0 Å². The first-order valence-corrected chi connectivity index (χ1v) is 7.05. The number of anilines is 1. The van der Waals surface area contributed by atoms with Crippen molar-refractivity contribution >= 4 is 35.3 Å². The summed E-state index contributed by atoms with van der Waals surface area (Å²) in [5, 5.41) is 11.5. The summed E-state index contributed by atoms with van der Waals surface area (Å²) in [7, 11) is 0. The summed E-state index contributed by atoms with van der Waals surface area (Å²) in [4.78, 5) is 33.7. The van der Waals surface area contributed by atoms with Crippen LogP contribution in [0.1, 0.15) is 17.3 Å². The molecular weight excluding hydrogens is 282 g/mol. The van der Waals surface area contributed by atoms with E-state index in [9.17, 15) is 14.4 Å². The van der Waals surface area contributed by atoms with Gasteiger partial charge in [0.25, 0.3) is 0 Å². The van der Waals surface area contributed by atoms with Gasteiger partial charge >= 0.3 is 11.9 Å². The number of carbonyl (C=O) groups excluding carboxylic acids is 2. The molecule has 20 heavy (non-hydrogen) atoms. The molecule has 0 aliphatic heterocycles. The number of amides is 1. The maximum absolute atomic E-state index is 11.6. The van der Waals surface area contributed by atoms with E-state index in [2.05, 4.69) is 5.32 Å². The van der Waals surface area contributed by atoms with Gasteiger partial charge in [-0.15, -0.1) is 11.8 Å². The highest BCUT2D eigenvalue weighted by atomic mass is 32.2. The quantitative estimate of drug-likeness (QED) is 0.743. The Hall–Kier alpha value is -2.02. The van der Waals surface area contributed by atoms with Gasteiger partial charge in [-0.05, 0) is 19.1 Å². The van der Waals surface area contributed by atoms with Gasteiger partial charge < -0.3 is 15.2 Å². The molecule has 108 valence electrons. The number of carboxylic acid groups (broad SMARTS) is 1. The van der Waals surface area contributed by atoms with E-state index in [1.807, 2.05) is 0 Å². The number of hydrogen-bond donors (Lipinski definition) is 2. The number of carboxylic acids is 1. The van der Waals surface area contributed by atoms with Crippen molar-refractivity contribution in [3.05, 3.63) is 29.8 Å². The number of ether oxygens (including phenoxy) is 1. The lowest BCUT2D eigenvalue weighted by atomic mass is 10.2. The minimum Gasteiger partial charge on any atom is -0.478 e. The minimum absolute atomic E-state index is 0.0243. The van der Waals surface area contributed by atoms with Crippen molar-refractivity contribution in [2.45, 2.75) is 6.92 Å². The highest BCUT2D eigenvalue weighted by Crippen LogP contribution is 2.15. The number of carbonyl (C=O) groups is 3. The maximum Gasteiger partial charge on any atom is 0.337 e. The zero-order valence-corrected chi connectivity index (χ0v) is 11.7. The van der Waals surface area contributed by atoms with Crippen LogP contribution in [-0.4, -0.2) is 41.1 Å². The van der Waals surface area contributed by atoms with Gasteiger partial charge in [-0.2, -0.15) is 0 Å². The van der Waals surface area contributed by atoms with E-state index in [0.29, 0.717) is 6.61 Å². The zero-order valence-electron chi connectivity index (χ0n) is 10.9. The van der Waals surface area contributed by atoms with Crippen LogP contribution in [0.2, 0.25) is 0 Å². The third-order valence-corrected chi connectivity index (χ3v) is 3.10. The van der Waals surface area contributed by atoms with Gasteiger partial charge in [-0.1, -0.05) is 12.1 Å². The van der Waals surface area contributed by atoms with Crippen molar-refractivity contribution in [2.24, 2.45) is 0 Å². The molecule has 0 bridgehead atoms. The zero-order chi connectivity index (χ0) is 15.0. The van der Waals surface area contributed by atoms with Crippen LogP contribution >= 0.6 is 11.8 Å². The molecule has 0 atom stereocenters. The Kier molecular flexibility index (Phi) is 6.58. The van der Waals surface area contributed by atoms with Crippen LogP contribution in [0.25, 0.3) is 0 Å². The fraction of sp³-hybridized carbons (Fsp3) is 0.308. The number of benzene rings is 1. The van der Waals surface area contributed by atoms with Crippen LogP contribution in [0.15, 0.2) is 24.3 Å². The lowest BCUT2D eigenvalue weighted by Crippen LogP contribution is -2.18. The first-order valence-electron chi connectivity index (χ1n) is 5.90. The van der Waals surface area contributed by atoms with E-state index >= 15 is 0 Å². The summed E-state index contributed by atoms with van der Waals surface area (Å²) in [6.45, 7) is 2.01. The van der Waals surface area contributed by atoms with Crippen molar-refractivity contribution < 1.29 is 24.2 Å². The lowest BCUT2D eigenvalue weighted by Gasteiger charge is -2.07. The molecule has 1 amide bonds. The summed E-state index contributed by atoms with van der Waals surface area (Å²) in [6, 6.07) is 6.13. The molecule has 6 nitrogen and oxygen atoms in total. The number of rotatable bonds is 7. The van der Waals surface area contributed by atoms with Crippen LogP contribution in [0, 0.1) is 0 Å². The third kappa shape index (κ3) is 5.31. The Bertz CT molecular complexity index is 503. The SMILES string of the molecule is CCOC(=O)CSCC(=O)Nc1ccccc1C(=O)O. The van der Waals surface area contributed by atoms with Gasteiger partial charge in [0.05, 0.1) is 29.4 Å². The molecule has 0 aliphatic rings. The normalized spacial score (nSPS) is 9.85. The fourth-order valence-corrected chi connectivity index (χ4v) is 2.00. The molecule has 1 aromatic carbocycles. The van der Waals surface area contributed by atoms with Crippen molar-refractivity contribution in [3.8, 4) is 0 Å². The molecule has 0 spiro atoms. The molecule has 7 heteroatoms. The largest absolute Gasteiger partial charge is 0.478 e. The van der Waals surface area contributed by atoms with Crippen LogP contribution in [0.4, 0.5) is 5.69 Å². The van der Waals surface area contributed by atoms with Crippen LogP contribution in [0.3, 0.4) is 0 Å². The lowest BCUT2D eigenvalue weighted by molar-refractivity contribution is -0.139. The molecular formula is C13H15NO5S. The van der Waals surface area contributed by atoms with Gasteiger partial charge in [-0.25, -0.2) is 4.79 Å². The molecule has 0 saturated carbocycles. The molecule has 0 unspecified atom stereocenters. The number of hydrogen-bond acceptors (Lipinski definition) is 5. The summed E-state index contributed by atoms with van der Waals surface area (Å²) in [6.07, 6.45) is 0. The van der Waals surface area contributed by atoms with E-state index < -0.39 is 5.97 Å². The highest BCUT2D eigenvalue weighted by Gasteiger charge is 2.12. The molecule has 1 rings (SSSR count). The van der Waals surface area contributed by atoms with Gasteiger partial charge in [0, 0.05) is 0 Å². The smallest absolute Gasteiger partial charge is 0.337 e. The Balaban J connectivity index is 2.47. The molecule has 0 heterocycles. The van der Waals surface area contributed by atoms with Crippen molar-refractivity contribution in [3.63, 3.8) is 0 Å². The first kappa shape index (κ1) is 16.0. The van der Waals surface area contributed by atoms with E-state index in [4.69, 9.17) is 9.84 Å². The fourth-order valence-electron chi connectivity index (χ4n) is 1.39. The van der Waals surface area contributed by atoms with Gasteiger partial charge in [-0.3, -0.25) is 9.59 Å².